The van der Waals surface area contributed by atoms with Gasteiger partial charge in [0.15, 0.2) is 0 Å². The van der Waals surface area contributed by atoms with Crippen LogP contribution in [0.25, 0.3) is 0 Å². The number of alkyl halides is 4. The standard InChI is InChI=1S/C16H20F4N2O/c1-2-22(15(23)16(18,19)20)10-13-9-21(11-14(13)17)8-12-6-4-3-5-7-12/h3-7,13-14H,2,8-11H2,1H3/t13-,14-/m1/s1. The lowest BCUT2D eigenvalue weighted by molar-refractivity contribution is -0.186. The van der Waals surface area contributed by atoms with Gasteiger partial charge in [0.25, 0.3) is 0 Å². The van der Waals surface area contributed by atoms with Gasteiger partial charge in [-0.1, -0.05) is 30.3 Å². The molecular weight excluding hydrogens is 312 g/mol. The first-order chi connectivity index (χ1) is 10.8. The van der Waals surface area contributed by atoms with E-state index in [0.29, 0.717) is 18.0 Å². The number of hydrogen-bond donors (Lipinski definition) is 0. The first-order valence-electron chi connectivity index (χ1n) is 7.57. The molecule has 3 nitrogen and oxygen atoms in total. The zero-order chi connectivity index (χ0) is 17.0. The van der Waals surface area contributed by atoms with Crippen LogP contribution in [0.4, 0.5) is 17.6 Å². The van der Waals surface area contributed by atoms with Crippen molar-refractivity contribution in [2.45, 2.75) is 25.8 Å². The summed E-state index contributed by atoms with van der Waals surface area (Å²) in [4.78, 5) is 13.9. The maximum Gasteiger partial charge on any atom is 0.471 e. The Hall–Kier alpha value is -1.63. The van der Waals surface area contributed by atoms with Gasteiger partial charge in [0, 0.05) is 38.6 Å². The molecule has 1 aliphatic rings. The number of carbonyl (C=O) groups is 1. The minimum absolute atomic E-state index is 0.0831. The van der Waals surface area contributed by atoms with Gasteiger partial charge in [0.2, 0.25) is 0 Å². The summed E-state index contributed by atoms with van der Waals surface area (Å²) >= 11 is 0. The molecule has 0 bridgehead atoms. The number of benzene rings is 1. The van der Waals surface area contributed by atoms with E-state index in [1.54, 1.807) is 0 Å². The van der Waals surface area contributed by atoms with Gasteiger partial charge >= 0.3 is 12.1 Å². The summed E-state index contributed by atoms with van der Waals surface area (Å²) in [6, 6.07) is 9.50. The molecule has 0 saturated carbocycles. The van der Waals surface area contributed by atoms with E-state index in [2.05, 4.69) is 0 Å². The third-order valence-electron chi connectivity index (χ3n) is 4.05. The summed E-state index contributed by atoms with van der Waals surface area (Å²) < 4.78 is 51.7. The Kier molecular flexibility index (Phi) is 5.62. The first-order valence-corrected chi connectivity index (χ1v) is 7.57. The van der Waals surface area contributed by atoms with Crippen molar-refractivity contribution in [2.75, 3.05) is 26.2 Å². The molecule has 7 heteroatoms. The molecule has 0 aromatic heterocycles. The van der Waals surface area contributed by atoms with E-state index in [1.807, 2.05) is 35.2 Å². The quantitative estimate of drug-likeness (QED) is 0.774. The van der Waals surface area contributed by atoms with Crippen molar-refractivity contribution in [3.63, 3.8) is 0 Å². The van der Waals surface area contributed by atoms with Crippen LogP contribution in [0.3, 0.4) is 0 Å². The first kappa shape index (κ1) is 17.7. The molecule has 1 heterocycles. The van der Waals surface area contributed by atoms with Crippen LogP contribution in [0, 0.1) is 5.92 Å². The smallest absolute Gasteiger partial charge is 0.335 e. The van der Waals surface area contributed by atoms with Crippen LogP contribution in [-0.4, -0.2) is 54.2 Å². The molecule has 0 N–H and O–H groups in total. The Labute approximate surface area is 132 Å². The van der Waals surface area contributed by atoms with Crippen molar-refractivity contribution in [3.8, 4) is 0 Å². The third kappa shape index (κ3) is 4.67. The average Bonchev–Trinajstić information content (AvgIpc) is 2.83. The van der Waals surface area contributed by atoms with Crippen molar-refractivity contribution in [3.05, 3.63) is 35.9 Å². The van der Waals surface area contributed by atoms with Crippen molar-refractivity contribution in [1.82, 2.24) is 9.80 Å². The predicted octanol–water partition coefficient (Wildman–Crippen LogP) is 2.87. The molecule has 1 aromatic carbocycles. The third-order valence-corrected chi connectivity index (χ3v) is 4.05. The highest BCUT2D eigenvalue weighted by Crippen LogP contribution is 2.25. The van der Waals surface area contributed by atoms with Crippen LogP contribution in [-0.2, 0) is 11.3 Å². The molecule has 1 saturated heterocycles. The molecule has 0 radical (unpaired) electrons. The number of amides is 1. The summed E-state index contributed by atoms with van der Waals surface area (Å²) in [6.45, 7) is 2.25. The molecule has 1 aliphatic heterocycles. The van der Waals surface area contributed by atoms with Crippen LogP contribution in [0.15, 0.2) is 30.3 Å². The predicted molar refractivity (Wildman–Crippen MR) is 78.4 cm³/mol. The maximum atomic E-state index is 14.1. The maximum absolute atomic E-state index is 14.1. The van der Waals surface area contributed by atoms with Gasteiger partial charge in [0.05, 0.1) is 0 Å². The van der Waals surface area contributed by atoms with E-state index in [-0.39, 0.29) is 19.6 Å². The number of carbonyl (C=O) groups excluding carboxylic acids is 1. The van der Waals surface area contributed by atoms with Gasteiger partial charge in [-0.3, -0.25) is 9.69 Å². The average molecular weight is 332 g/mol. The van der Waals surface area contributed by atoms with Crippen molar-refractivity contribution in [1.29, 1.82) is 0 Å². The fourth-order valence-electron chi connectivity index (χ4n) is 2.88. The SMILES string of the molecule is CCN(C[C@H]1CN(Cc2ccccc2)C[C@H]1F)C(=O)C(F)(F)F. The van der Waals surface area contributed by atoms with Gasteiger partial charge < -0.3 is 4.90 Å². The summed E-state index contributed by atoms with van der Waals surface area (Å²) in [7, 11) is 0. The fourth-order valence-corrected chi connectivity index (χ4v) is 2.88. The Bertz CT molecular complexity index is 521. The fraction of sp³-hybridized carbons (Fsp3) is 0.562. The van der Waals surface area contributed by atoms with Crippen molar-refractivity contribution < 1.29 is 22.4 Å². The summed E-state index contributed by atoms with van der Waals surface area (Å²) in [5.41, 5.74) is 1.03. The van der Waals surface area contributed by atoms with Crippen LogP contribution in [0.5, 0.6) is 0 Å². The molecule has 1 aromatic rings. The largest absolute Gasteiger partial charge is 0.471 e. The lowest BCUT2D eigenvalue weighted by atomic mass is 10.1. The van der Waals surface area contributed by atoms with Gasteiger partial charge in [-0.05, 0) is 12.5 Å². The summed E-state index contributed by atoms with van der Waals surface area (Å²) in [5, 5.41) is 0. The van der Waals surface area contributed by atoms with E-state index >= 15 is 0 Å². The molecule has 2 rings (SSSR count). The lowest BCUT2D eigenvalue weighted by Crippen LogP contribution is -2.44. The van der Waals surface area contributed by atoms with E-state index < -0.39 is 24.2 Å². The lowest BCUT2D eigenvalue weighted by Gasteiger charge is -2.26. The highest BCUT2D eigenvalue weighted by atomic mass is 19.4. The Morgan fingerprint density at radius 2 is 1.91 bits per heavy atom. The molecular formula is C16H20F4N2O. The van der Waals surface area contributed by atoms with E-state index in [0.717, 1.165) is 5.56 Å². The van der Waals surface area contributed by atoms with Gasteiger partial charge in [0.1, 0.15) is 6.17 Å². The van der Waals surface area contributed by atoms with Crippen LogP contribution < -0.4 is 0 Å². The minimum Gasteiger partial charge on any atom is -0.335 e. The van der Waals surface area contributed by atoms with E-state index in [4.69, 9.17) is 0 Å². The zero-order valence-electron chi connectivity index (χ0n) is 12.9. The second kappa shape index (κ2) is 7.29. The monoisotopic (exact) mass is 332 g/mol. The van der Waals surface area contributed by atoms with E-state index in [9.17, 15) is 22.4 Å². The molecule has 1 amide bonds. The Morgan fingerprint density at radius 3 is 2.48 bits per heavy atom. The molecule has 0 spiro atoms. The number of hydrogen-bond acceptors (Lipinski definition) is 2. The summed E-state index contributed by atoms with van der Waals surface area (Å²) in [6.07, 6.45) is -6.14. The van der Waals surface area contributed by atoms with Crippen molar-refractivity contribution in [2.24, 2.45) is 5.92 Å². The van der Waals surface area contributed by atoms with Crippen molar-refractivity contribution >= 4 is 5.91 Å². The van der Waals surface area contributed by atoms with Gasteiger partial charge in [-0.15, -0.1) is 0 Å². The van der Waals surface area contributed by atoms with Gasteiger partial charge in [-0.25, -0.2) is 4.39 Å². The number of halogens is 4. The van der Waals surface area contributed by atoms with Crippen LogP contribution in [0.1, 0.15) is 12.5 Å². The molecule has 1 fully saturated rings. The molecule has 128 valence electrons. The highest BCUT2D eigenvalue weighted by Gasteiger charge is 2.44. The zero-order valence-corrected chi connectivity index (χ0v) is 12.9. The second-order valence-electron chi connectivity index (χ2n) is 5.80. The van der Waals surface area contributed by atoms with E-state index in [1.165, 1.54) is 6.92 Å². The Morgan fingerprint density at radius 1 is 1.26 bits per heavy atom. The number of likely N-dealkylation sites (tertiary alicyclic amines) is 1. The Balaban J connectivity index is 1.94. The van der Waals surface area contributed by atoms with Crippen LogP contribution >= 0.6 is 0 Å². The van der Waals surface area contributed by atoms with Crippen LogP contribution in [0.2, 0.25) is 0 Å². The number of rotatable bonds is 5. The minimum atomic E-state index is -4.91. The number of nitrogens with zero attached hydrogens (tertiary/aromatic N) is 2. The second-order valence-corrected chi connectivity index (χ2v) is 5.80. The topological polar surface area (TPSA) is 23.6 Å². The normalized spacial score (nSPS) is 22.3. The van der Waals surface area contributed by atoms with Gasteiger partial charge in [-0.2, -0.15) is 13.2 Å². The highest BCUT2D eigenvalue weighted by molar-refractivity contribution is 5.81. The molecule has 0 aliphatic carbocycles. The molecule has 0 unspecified atom stereocenters. The molecule has 2 atom stereocenters. The summed E-state index contributed by atoms with van der Waals surface area (Å²) in [5.74, 6) is -2.49. The molecule has 23 heavy (non-hydrogen) atoms.